The summed E-state index contributed by atoms with van der Waals surface area (Å²) < 4.78 is 5.27. The van der Waals surface area contributed by atoms with E-state index in [9.17, 15) is 30.2 Å². The molecular weight excluding hydrogens is 382 g/mol. The molecule has 1 aliphatic carbocycles. The summed E-state index contributed by atoms with van der Waals surface area (Å²) in [6.07, 6.45) is 0.620. The number of hydrogen-bond donors (Lipinski definition) is 1. The monoisotopic (exact) mass is 399 g/mol. The number of ether oxygens (including phenoxy) is 1. The van der Waals surface area contributed by atoms with E-state index in [1.807, 2.05) is 13.8 Å². The van der Waals surface area contributed by atoms with Gasteiger partial charge in [-0.1, -0.05) is 19.0 Å². The predicted octanol–water partition coefficient (Wildman–Crippen LogP) is 3.91. The number of rotatable bonds is 6. The standard InChI is InChI=1S/C19H17N3O7/c1-10(2)5-6-29-19(23)16-9-12(22(27)28)8-15-17(16)13-4-3-11(21(25)26)7-14(13)18(15)20-24/h3-4,7-10,24H,5-6H2,1-2H3. The smallest absolute Gasteiger partial charge is 0.339 e. The van der Waals surface area contributed by atoms with Gasteiger partial charge >= 0.3 is 5.97 Å². The van der Waals surface area contributed by atoms with Gasteiger partial charge in [0.2, 0.25) is 0 Å². The minimum atomic E-state index is -0.755. The van der Waals surface area contributed by atoms with Crippen molar-refractivity contribution >= 4 is 23.1 Å². The molecule has 0 radical (unpaired) electrons. The number of oxime groups is 1. The van der Waals surface area contributed by atoms with E-state index in [1.54, 1.807) is 0 Å². The molecule has 1 aliphatic rings. The quantitative estimate of drug-likeness (QED) is 0.286. The molecule has 0 saturated carbocycles. The number of esters is 1. The first-order valence-corrected chi connectivity index (χ1v) is 8.75. The zero-order valence-corrected chi connectivity index (χ0v) is 15.6. The Labute approximate surface area is 164 Å². The van der Waals surface area contributed by atoms with Crippen molar-refractivity contribution in [3.8, 4) is 11.1 Å². The van der Waals surface area contributed by atoms with E-state index in [-0.39, 0.29) is 45.9 Å². The molecule has 29 heavy (non-hydrogen) atoms. The molecule has 0 spiro atoms. The second-order valence-corrected chi connectivity index (χ2v) is 6.93. The molecule has 0 aromatic heterocycles. The Balaban J connectivity index is 2.18. The number of benzene rings is 2. The van der Waals surface area contributed by atoms with Crippen LogP contribution in [0.2, 0.25) is 0 Å². The lowest BCUT2D eigenvalue weighted by molar-refractivity contribution is -0.385. The first kappa shape index (κ1) is 19.9. The van der Waals surface area contributed by atoms with Crippen molar-refractivity contribution < 1.29 is 24.6 Å². The highest BCUT2D eigenvalue weighted by Crippen LogP contribution is 2.43. The number of nitro groups is 2. The summed E-state index contributed by atoms with van der Waals surface area (Å²) >= 11 is 0. The van der Waals surface area contributed by atoms with Crippen LogP contribution in [0.3, 0.4) is 0 Å². The molecule has 2 aromatic carbocycles. The average molecular weight is 399 g/mol. The maximum absolute atomic E-state index is 12.7. The SMILES string of the molecule is CC(C)CCOC(=O)c1cc([N+](=O)[O-])cc2c1-c1ccc([N+](=O)[O-])cc1C2=NO. The molecule has 0 atom stereocenters. The van der Waals surface area contributed by atoms with Crippen LogP contribution < -0.4 is 0 Å². The van der Waals surface area contributed by atoms with Crippen LogP contribution in [0.5, 0.6) is 0 Å². The average Bonchev–Trinajstić information content (AvgIpc) is 2.99. The van der Waals surface area contributed by atoms with Crippen molar-refractivity contribution in [2.45, 2.75) is 20.3 Å². The maximum atomic E-state index is 12.7. The third-order valence-corrected chi connectivity index (χ3v) is 4.58. The molecular formula is C19H17N3O7. The van der Waals surface area contributed by atoms with Crippen LogP contribution in [0.15, 0.2) is 35.5 Å². The van der Waals surface area contributed by atoms with Crippen LogP contribution in [0.1, 0.15) is 41.8 Å². The second kappa shape index (κ2) is 7.66. The number of non-ortho nitro benzene ring substituents is 2. The summed E-state index contributed by atoms with van der Waals surface area (Å²) in [5, 5.41) is 35.1. The molecule has 0 amide bonds. The normalized spacial score (nSPS) is 13.3. The van der Waals surface area contributed by atoms with Crippen molar-refractivity contribution in [1.82, 2.24) is 0 Å². The van der Waals surface area contributed by atoms with Gasteiger partial charge in [0.25, 0.3) is 11.4 Å². The number of hydrogen-bond acceptors (Lipinski definition) is 8. The van der Waals surface area contributed by atoms with Crippen LogP contribution in [0, 0.1) is 26.1 Å². The predicted molar refractivity (Wildman–Crippen MR) is 102 cm³/mol. The van der Waals surface area contributed by atoms with E-state index >= 15 is 0 Å². The zero-order chi connectivity index (χ0) is 21.3. The minimum Gasteiger partial charge on any atom is -0.462 e. The van der Waals surface area contributed by atoms with Gasteiger partial charge in [-0.3, -0.25) is 20.2 Å². The largest absolute Gasteiger partial charge is 0.462 e. The fraction of sp³-hybridized carbons (Fsp3) is 0.263. The Kier molecular flexibility index (Phi) is 5.26. The van der Waals surface area contributed by atoms with Crippen LogP contribution >= 0.6 is 0 Å². The van der Waals surface area contributed by atoms with Crippen molar-refractivity contribution in [3.05, 3.63) is 67.3 Å². The molecule has 0 fully saturated rings. The van der Waals surface area contributed by atoms with Crippen molar-refractivity contribution in [3.63, 3.8) is 0 Å². The van der Waals surface area contributed by atoms with Crippen LogP contribution in [-0.4, -0.2) is 33.3 Å². The Bertz CT molecular complexity index is 1060. The lowest BCUT2D eigenvalue weighted by Crippen LogP contribution is -2.11. The summed E-state index contributed by atoms with van der Waals surface area (Å²) in [5.74, 6) is -0.456. The molecule has 10 nitrogen and oxygen atoms in total. The fourth-order valence-electron chi connectivity index (χ4n) is 3.15. The molecule has 0 unspecified atom stereocenters. The summed E-state index contributed by atoms with van der Waals surface area (Å²) in [7, 11) is 0. The number of nitrogens with zero attached hydrogens (tertiary/aromatic N) is 3. The van der Waals surface area contributed by atoms with Gasteiger partial charge in [-0.15, -0.1) is 0 Å². The van der Waals surface area contributed by atoms with Gasteiger partial charge in [-0.25, -0.2) is 4.79 Å². The van der Waals surface area contributed by atoms with E-state index in [2.05, 4.69) is 5.16 Å². The molecule has 2 aromatic rings. The third-order valence-electron chi connectivity index (χ3n) is 4.58. The first-order chi connectivity index (χ1) is 13.7. The van der Waals surface area contributed by atoms with Crippen LogP contribution in [0.4, 0.5) is 11.4 Å². The van der Waals surface area contributed by atoms with Gasteiger partial charge in [-0.2, -0.15) is 0 Å². The Morgan fingerprint density at radius 2 is 1.72 bits per heavy atom. The highest BCUT2D eigenvalue weighted by Gasteiger charge is 2.34. The number of carbonyl (C=O) groups excluding carboxylic acids is 1. The number of carbonyl (C=O) groups is 1. The highest BCUT2D eigenvalue weighted by molar-refractivity contribution is 6.27. The van der Waals surface area contributed by atoms with E-state index < -0.39 is 15.8 Å². The molecule has 0 bridgehead atoms. The Morgan fingerprint density at radius 1 is 1.07 bits per heavy atom. The summed E-state index contributed by atoms with van der Waals surface area (Å²) in [5.41, 5.74) is 0.231. The van der Waals surface area contributed by atoms with E-state index in [0.717, 1.165) is 6.07 Å². The zero-order valence-electron chi connectivity index (χ0n) is 15.6. The minimum absolute atomic E-state index is 0.0632. The van der Waals surface area contributed by atoms with Gasteiger partial charge in [0.15, 0.2) is 0 Å². The fourth-order valence-corrected chi connectivity index (χ4v) is 3.15. The lowest BCUT2D eigenvalue weighted by atomic mass is 9.98. The van der Waals surface area contributed by atoms with Crippen molar-refractivity contribution in [1.29, 1.82) is 0 Å². The van der Waals surface area contributed by atoms with Gasteiger partial charge in [0.1, 0.15) is 5.71 Å². The Morgan fingerprint density at radius 3 is 2.31 bits per heavy atom. The molecule has 150 valence electrons. The molecule has 0 saturated heterocycles. The molecule has 1 N–H and O–H groups in total. The molecule has 3 rings (SSSR count). The van der Waals surface area contributed by atoms with E-state index in [4.69, 9.17) is 4.74 Å². The van der Waals surface area contributed by atoms with E-state index in [0.29, 0.717) is 17.9 Å². The van der Waals surface area contributed by atoms with Crippen LogP contribution in [-0.2, 0) is 4.74 Å². The molecule has 0 heterocycles. The van der Waals surface area contributed by atoms with Gasteiger partial charge < -0.3 is 9.94 Å². The second-order valence-electron chi connectivity index (χ2n) is 6.93. The maximum Gasteiger partial charge on any atom is 0.339 e. The summed E-state index contributed by atoms with van der Waals surface area (Å²) in [6, 6.07) is 6.13. The topological polar surface area (TPSA) is 145 Å². The van der Waals surface area contributed by atoms with E-state index in [1.165, 1.54) is 24.3 Å². The number of fused-ring (bicyclic) bond motifs is 3. The summed E-state index contributed by atoms with van der Waals surface area (Å²) in [6.45, 7) is 4.07. The lowest BCUT2D eigenvalue weighted by Gasteiger charge is -2.11. The van der Waals surface area contributed by atoms with Gasteiger partial charge in [-0.05, 0) is 24.0 Å². The van der Waals surface area contributed by atoms with Crippen molar-refractivity contribution in [2.24, 2.45) is 11.1 Å². The molecule has 0 aliphatic heterocycles. The van der Waals surface area contributed by atoms with Gasteiger partial charge in [0, 0.05) is 41.0 Å². The highest BCUT2D eigenvalue weighted by atomic mass is 16.6. The molecule has 10 heteroatoms. The Hall–Kier alpha value is -3.82. The number of nitro benzene ring substituents is 2. The van der Waals surface area contributed by atoms with Gasteiger partial charge in [0.05, 0.1) is 22.0 Å². The van der Waals surface area contributed by atoms with Crippen LogP contribution in [0.25, 0.3) is 11.1 Å². The third kappa shape index (κ3) is 3.64. The summed E-state index contributed by atoms with van der Waals surface area (Å²) in [4.78, 5) is 33.9. The first-order valence-electron chi connectivity index (χ1n) is 8.75. The van der Waals surface area contributed by atoms with Crippen molar-refractivity contribution in [2.75, 3.05) is 6.61 Å².